The highest BCUT2D eigenvalue weighted by atomic mass is 35.5. The van der Waals surface area contributed by atoms with Crippen molar-refractivity contribution in [2.45, 2.75) is 45.1 Å². The summed E-state index contributed by atoms with van der Waals surface area (Å²) in [6, 6.07) is 12.0. The van der Waals surface area contributed by atoms with E-state index >= 15 is 0 Å². The second-order valence-corrected chi connectivity index (χ2v) is 8.87. The molecule has 7 nitrogen and oxygen atoms in total. The van der Waals surface area contributed by atoms with Crippen molar-refractivity contribution in [3.63, 3.8) is 0 Å². The number of pyridine rings is 1. The molecule has 1 saturated heterocycles. The van der Waals surface area contributed by atoms with Crippen LogP contribution in [0.5, 0.6) is 0 Å². The van der Waals surface area contributed by atoms with Gasteiger partial charge in [0.1, 0.15) is 11.9 Å². The van der Waals surface area contributed by atoms with Crippen LogP contribution < -0.4 is 5.32 Å². The first kappa shape index (κ1) is 22.3. The van der Waals surface area contributed by atoms with Crippen molar-refractivity contribution in [2.75, 3.05) is 13.1 Å². The first-order valence-electron chi connectivity index (χ1n) is 11.1. The van der Waals surface area contributed by atoms with Gasteiger partial charge in [-0.3, -0.25) is 14.0 Å². The number of hydrogen-bond acceptors (Lipinski definition) is 4. The Kier molecular flexibility index (Phi) is 6.74. The van der Waals surface area contributed by atoms with Gasteiger partial charge in [-0.05, 0) is 55.2 Å². The Morgan fingerprint density at radius 1 is 1.12 bits per heavy atom. The van der Waals surface area contributed by atoms with Gasteiger partial charge < -0.3 is 10.2 Å². The molecule has 1 fully saturated rings. The first-order valence-corrected chi connectivity index (χ1v) is 11.5. The van der Waals surface area contributed by atoms with Gasteiger partial charge >= 0.3 is 0 Å². The maximum absolute atomic E-state index is 13.4. The maximum atomic E-state index is 13.4. The van der Waals surface area contributed by atoms with Gasteiger partial charge in [0.05, 0.1) is 0 Å². The third-order valence-electron chi connectivity index (χ3n) is 6.38. The Hall–Kier alpha value is -2.93. The highest BCUT2D eigenvalue weighted by Crippen LogP contribution is 2.28. The van der Waals surface area contributed by atoms with E-state index in [1.54, 1.807) is 24.3 Å². The lowest BCUT2D eigenvalue weighted by Gasteiger charge is -2.35. The summed E-state index contributed by atoms with van der Waals surface area (Å²) in [6.45, 7) is 5.30. The van der Waals surface area contributed by atoms with Gasteiger partial charge in [-0.25, -0.2) is 0 Å². The smallest absolute Gasteiger partial charge is 0.251 e. The summed E-state index contributed by atoms with van der Waals surface area (Å²) in [5.74, 6) is 0.942. The van der Waals surface area contributed by atoms with Gasteiger partial charge in [0.15, 0.2) is 5.65 Å². The van der Waals surface area contributed by atoms with E-state index in [1.807, 2.05) is 47.5 Å². The van der Waals surface area contributed by atoms with Crippen LogP contribution in [0.3, 0.4) is 0 Å². The normalized spacial score (nSPS) is 16.7. The predicted octanol–water partition coefficient (Wildman–Crippen LogP) is 3.93. The topological polar surface area (TPSA) is 79.6 Å². The lowest BCUT2D eigenvalue weighted by Crippen LogP contribution is -2.53. The Morgan fingerprint density at radius 2 is 1.84 bits per heavy atom. The van der Waals surface area contributed by atoms with Gasteiger partial charge in [-0.15, -0.1) is 10.2 Å². The van der Waals surface area contributed by atoms with E-state index in [9.17, 15) is 9.59 Å². The van der Waals surface area contributed by atoms with Crippen LogP contribution >= 0.6 is 11.6 Å². The van der Waals surface area contributed by atoms with E-state index < -0.39 is 6.04 Å². The molecule has 2 aromatic heterocycles. The minimum Gasteiger partial charge on any atom is -0.341 e. The Bertz CT molecular complexity index is 1090. The van der Waals surface area contributed by atoms with E-state index in [0.29, 0.717) is 23.7 Å². The third-order valence-corrected chi connectivity index (χ3v) is 6.64. The second-order valence-electron chi connectivity index (χ2n) is 8.43. The first-order chi connectivity index (χ1) is 15.5. The van der Waals surface area contributed by atoms with Crippen LogP contribution in [0.2, 0.25) is 5.02 Å². The van der Waals surface area contributed by atoms with Crippen LogP contribution in [-0.2, 0) is 4.79 Å². The lowest BCUT2D eigenvalue weighted by molar-refractivity contribution is -0.135. The molecule has 0 bridgehead atoms. The molecular weight excluding hydrogens is 426 g/mol. The summed E-state index contributed by atoms with van der Waals surface area (Å²) in [6.07, 6.45) is 4.41. The molecule has 168 valence electrons. The number of nitrogens with one attached hydrogen (secondary N) is 1. The molecule has 0 radical (unpaired) electrons. The van der Waals surface area contributed by atoms with Crippen LogP contribution in [0.4, 0.5) is 0 Å². The van der Waals surface area contributed by atoms with Crippen LogP contribution in [0.25, 0.3) is 5.65 Å². The molecule has 1 N–H and O–H groups in total. The second kappa shape index (κ2) is 9.69. The van der Waals surface area contributed by atoms with E-state index in [4.69, 9.17) is 11.6 Å². The van der Waals surface area contributed by atoms with Crippen molar-refractivity contribution < 1.29 is 9.59 Å². The monoisotopic (exact) mass is 453 g/mol. The van der Waals surface area contributed by atoms with Crippen LogP contribution in [0, 0.1) is 5.92 Å². The number of benzene rings is 1. The number of aromatic nitrogens is 3. The highest BCUT2D eigenvalue weighted by molar-refractivity contribution is 6.30. The fourth-order valence-corrected chi connectivity index (χ4v) is 4.33. The average molecular weight is 454 g/mol. The molecule has 8 heteroatoms. The number of carbonyl (C=O) groups excluding carboxylic acids is 2. The largest absolute Gasteiger partial charge is 0.341 e. The fourth-order valence-electron chi connectivity index (χ4n) is 4.20. The number of nitrogens with zero attached hydrogens (tertiary/aromatic N) is 4. The molecule has 0 aliphatic carbocycles. The zero-order chi connectivity index (χ0) is 22.7. The van der Waals surface area contributed by atoms with Crippen LogP contribution in [0.15, 0.2) is 48.7 Å². The number of likely N-dealkylation sites (tertiary alicyclic amines) is 1. The molecule has 1 aliphatic heterocycles. The lowest BCUT2D eigenvalue weighted by atomic mass is 9.93. The number of halogens is 1. The van der Waals surface area contributed by atoms with Crippen molar-refractivity contribution in [3.8, 4) is 0 Å². The predicted molar refractivity (Wildman–Crippen MR) is 124 cm³/mol. The zero-order valence-electron chi connectivity index (χ0n) is 18.4. The van der Waals surface area contributed by atoms with E-state index in [-0.39, 0.29) is 23.7 Å². The van der Waals surface area contributed by atoms with Crippen molar-refractivity contribution in [3.05, 3.63) is 65.1 Å². The molecule has 0 saturated carbocycles. The standard InChI is InChI=1S/C24H28ClN5O2/c1-3-16(2)21(26-23(31)18-7-9-19(25)10-8-18)24(32)29-14-11-17(12-15-29)22-28-27-20-6-4-5-13-30(20)22/h4-10,13,16-17,21H,3,11-12,14-15H2,1-2H3,(H,26,31)/t16-,21-/m0/s1. The van der Waals surface area contributed by atoms with Gasteiger partial charge in [-0.2, -0.15) is 0 Å². The summed E-state index contributed by atoms with van der Waals surface area (Å²) in [7, 11) is 0. The number of carbonyl (C=O) groups is 2. The number of fused-ring (bicyclic) bond motifs is 1. The van der Waals surface area contributed by atoms with Crippen LogP contribution in [0.1, 0.15) is 55.2 Å². The molecule has 0 spiro atoms. The molecule has 2 amide bonds. The molecule has 3 aromatic rings. The molecule has 32 heavy (non-hydrogen) atoms. The van der Waals surface area contributed by atoms with Gasteiger partial charge in [0.25, 0.3) is 5.91 Å². The molecule has 4 rings (SSSR count). The summed E-state index contributed by atoms with van der Waals surface area (Å²) in [5, 5.41) is 12.2. The van der Waals surface area contributed by atoms with Gasteiger partial charge in [-0.1, -0.05) is 37.9 Å². The summed E-state index contributed by atoms with van der Waals surface area (Å²) < 4.78 is 2.02. The zero-order valence-corrected chi connectivity index (χ0v) is 19.1. The molecule has 0 unspecified atom stereocenters. The van der Waals surface area contributed by atoms with E-state index in [1.165, 1.54) is 0 Å². The van der Waals surface area contributed by atoms with Crippen LogP contribution in [-0.4, -0.2) is 50.4 Å². The minimum absolute atomic E-state index is 0.0220. The van der Waals surface area contributed by atoms with E-state index in [0.717, 1.165) is 30.7 Å². The van der Waals surface area contributed by atoms with Gasteiger partial charge in [0, 0.05) is 35.8 Å². The SMILES string of the molecule is CC[C@H](C)[C@H](NC(=O)c1ccc(Cl)cc1)C(=O)N1CCC(c2nnc3ccccn23)CC1. The number of rotatable bonds is 6. The van der Waals surface area contributed by atoms with Crippen molar-refractivity contribution in [1.82, 2.24) is 24.8 Å². The number of amides is 2. The Labute approximate surface area is 192 Å². The minimum atomic E-state index is -0.561. The molecule has 1 aromatic carbocycles. The summed E-state index contributed by atoms with van der Waals surface area (Å²) in [4.78, 5) is 28.0. The third kappa shape index (κ3) is 4.63. The summed E-state index contributed by atoms with van der Waals surface area (Å²) in [5.41, 5.74) is 1.33. The van der Waals surface area contributed by atoms with Crippen molar-refractivity contribution in [1.29, 1.82) is 0 Å². The quantitative estimate of drug-likeness (QED) is 0.613. The fraction of sp³-hybridized carbons (Fsp3) is 0.417. The van der Waals surface area contributed by atoms with Gasteiger partial charge in [0.2, 0.25) is 5.91 Å². The molecular formula is C24H28ClN5O2. The van der Waals surface area contributed by atoms with Crippen molar-refractivity contribution >= 4 is 29.1 Å². The summed E-state index contributed by atoms with van der Waals surface area (Å²) >= 11 is 5.93. The van der Waals surface area contributed by atoms with Crippen molar-refractivity contribution in [2.24, 2.45) is 5.92 Å². The number of piperidine rings is 1. The molecule has 3 heterocycles. The number of hydrogen-bond donors (Lipinski definition) is 1. The highest BCUT2D eigenvalue weighted by Gasteiger charge is 2.33. The Balaban J connectivity index is 1.43. The molecule has 1 aliphatic rings. The molecule has 2 atom stereocenters. The maximum Gasteiger partial charge on any atom is 0.251 e. The van der Waals surface area contributed by atoms with E-state index in [2.05, 4.69) is 15.5 Å². The Morgan fingerprint density at radius 3 is 2.53 bits per heavy atom. The average Bonchev–Trinajstić information content (AvgIpc) is 3.26.